The van der Waals surface area contributed by atoms with E-state index in [9.17, 15) is 4.79 Å². The zero-order chi connectivity index (χ0) is 11.7. The molecule has 1 saturated heterocycles. The van der Waals surface area contributed by atoms with Crippen LogP contribution in [0, 0.1) is 0 Å². The normalized spacial score (nSPS) is 17.9. The summed E-state index contributed by atoms with van der Waals surface area (Å²) in [6.45, 7) is 1.76. The Bertz CT molecular complexity index is 442. The van der Waals surface area contributed by atoms with Crippen LogP contribution in [0.15, 0.2) is 18.2 Å². The Hall–Kier alpha value is -1.20. The fourth-order valence-corrected chi connectivity index (χ4v) is 2.60. The summed E-state index contributed by atoms with van der Waals surface area (Å²) in [5.74, 6) is 1.99. The summed E-state index contributed by atoms with van der Waals surface area (Å²) in [6, 6.07) is 5.32. The van der Waals surface area contributed by atoms with Crippen molar-refractivity contribution in [2.24, 2.45) is 0 Å². The number of benzene rings is 1. The minimum Gasteiger partial charge on any atom is -0.454 e. The number of carbonyl (C=O) groups excluding carboxylic acids is 1. The number of hydrogen-bond donors (Lipinski definition) is 0. The molecule has 0 bridgehead atoms. The number of carbonyl (C=O) groups is 1. The van der Waals surface area contributed by atoms with E-state index in [4.69, 9.17) is 14.2 Å². The summed E-state index contributed by atoms with van der Waals surface area (Å²) in [6.07, 6.45) is 0. The minimum absolute atomic E-state index is 0.125. The van der Waals surface area contributed by atoms with Crippen LogP contribution in [0.2, 0.25) is 0 Å². The van der Waals surface area contributed by atoms with Gasteiger partial charge in [-0.2, -0.15) is 0 Å². The quantitative estimate of drug-likeness (QED) is 0.764. The Balaban J connectivity index is 1.64. The van der Waals surface area contributed by atoms with Gasteiger partial charge in [-0.15, -0.1) is 11.8 Å². The second-order valence-corrected chi connectivity index (χ2v) is 5.25. The number of Topliss-reactive ketones (excluding diaryl/α,β-unsaturated/α-hetero) is 1. The first-order valence-corrected chi connectivity index (χ1v) is 6.50. The van der Waals surface area contributed by atoms with Gasteiger partial charge in [0.25, 0.3) is 0 Å². The molecule has 0 atom stereocenters. The number of fused-ring (bicyclic) bond motifs is 1. The summed E-state index contributed by atoms with van der Waals surface area (Å²) in [5, 5.41) is 0.480. The van der Waals surface area contributed by atoms with E-state index in [-0.39, 0.29) is 12.6 Å². The van der Waals surface area contributed by atoms with Crippen molar-refractivity contribution in [1.29, 1.82) is 0 Å². The van der Waals surface area contributed by atoms with Gasteiger partial charge in [-0.25, -0.2) is 0 Å². The van der Waals surface area contributed by atoms with Crippen molar-refractivity contribution < 1.29 is 19.0 Å². The van der Waals surface area contributed by atoms with E-state index >= 15 is 0 Å². The van der Waals surface area contributed by atoms with Gasteiger partial charge in [0.05, 0.1) is 24.2 Å². The lowest BCUT2D eigenvalue weighted by atomic mass is 10.1. The fourth-order valence-electron chi connectivity index (χ4n) is 1.66. The van der Waals surface area contributed by atoms with Gasteiger partial charge in [-0.05, 0) is 18.2 Å². The molecule has 3 rings (SSSR count). The molecule has 1 aromatic carbocycles. The van der Waals surface area contributed by atoms with Gasteiger partial charge in [0.1, 0.15) is 0 Å². The maximum Gasteiger partial charge on any atom is 0.231 e. The highest BCUT2D eigenvalue weighted by Gasteiger charge is 2.21. The molecule has 1 aromatic rings. The molecule has 90 valence electrons. The van der Waals surface area contributed by atoms with Crippen molar-refractivity contribution in [2.75, 3.05) is 25.8 Å². The molecule has 5 heteroatoms. The molecule has 2 aliphatic heterocycles. The maximum absolute atomic E-state index is 11.9. The van der Waals surface area contributed by atoms with Crippen LogP contribution in [0.3, 0.4) is 0 Å². The molecule has 0 aromatic heterocycles. The monoisotopic (exact) mass is 252 g/mol. The second kappa shape index (κ2) is 4.58. The van der Waals surface area contributed by atoms with Crippen molar-refractivity contribution in [2.45, 2.75) is 5.25 Å². The molecule has 0 spiro atoms. The number of rotatable bonds is 4. The zero-order valence-corrected chi connectivity index (χ0v) is 10.00. The molecule has 0 N–H and O–H groups in total. The van der Waals surface area contributed by atoms with Crippen LogP contribution in [-0.2, 0) is 4.74 Å². The van der Waals surface area contributed by atoms with Crippen LogP contribution in [0.5, 0.6) is 11.5 Å². The third kappa shape index (κ3) is 2.25. The lowest BCUT2D eigenvalue weighted by Gasteiger charge is -2.24. The maximum atomic E-state index is 11.9. The molecular formula is C12H12O4S. The standard InChI is InChI=1S/C12H12O4S/c13-10(6-17-9-4-14-5-9)8-1-2-11-12(3-8)16-7-15-11/h1-3,9H,4-7H2. The third-order valence-electron chi connectivity index (χ3n) is 2.75. The Morgan fingerprint density at radius 3 is 2.88 bits per heavy atom. The van der Waals surface area contributed by atoms with Gasteiger partial charge in [-0.3, -0.25) is 4.79 Å². The fraction of sp³-hybridized carbons (Fsp3) is 0.417. The first kappa shape index (κ1) is 10.9. The van der Waals surface area contributed by atoms with E-state index in [1.807, 2.05) is 0 Å². The van der Waals surface area contributed by atoms with Crippen molar-refractivity contribution in [3.63, 3.8) is 0 Å². The summed E-state index contributed by atoms with van der Waals surface area (Å²) in [4.78, 5) is 11.9. The van der Waals surface area contributed by atoms with E-state index in [0.717, 1.165) is 13.2 Å². The zero-order valence-electron chi connectivity index (χ0n) is 9.18. The van der Waals surface area contributed by atoms with Gasteiger partial charge in [0, 0.05) is 5.56 Å². The number of thioether (sulfide) groups is 1. The first-order valence-electron chi connectivity index (χ1n) is 5.45. The Labute approximate surface area is 103 Å². The topological polar surface area (TPSA) is 44.8 Å². The smallest absolute Gasteiger partial charge is 0.231 e. The molecule has 4 nitrogen and oxygen atoms in total. The molecule has 0 saturated carbocycles. The average molecular weight is 252 g/mol. The van der Waals surface area contributed by atoms with Crippen LogP contribution in [0.4, 0.5) is 0 Å². The number of ether oxygens (including phenoxy) is 3. The number of hydrogen-bond acceptors (Lipinski definition) is 5. The highest BCUT2D eigenvalue weighted by molar-refractivity contribution is 8.00. The van der Waals surface area contributed by atoms with E-state index < -0.39 is 0 Å². The molecule has 2 aliphatic rings. The SMILES string of the molecule is O=C(CSC1COC1)c1ccc2c(c1)OCO2. The Kier molecular flexibility index (Phi) is 2.94. The summed E-state index contributed by atoms with van der Waals surface area (Å²) < 4.78 is 15.5. The van der Waals surface area contributed by atoms with Gasteiger partial charge in [0.15, 0.2) is 17.3 Å². The highest BCUT2D eigenvalue weighted by atomic mass is 32.2. The summed E-state index contributed by atoms with van der Waals surface area (Å²) in [7, 11) is 0. The first-order chi connectivity index (χ1) is 8.33. The van der Waals surface area contributed by atoms with Crippen molar-refractivity contribution in [1.82, 2.24) is 0 Å². The third-order valence-corrected chi connectivity index (χ3v) is 3.92. The largest absolute Gasteiger partial charge is 0.454 e. The predicted molar refractivity (Wildman–Crippen MR) is 64.0 cm³/mol. The minimum atomic E-state index is 0.125. The molecular weight excluding hydrogens is 240 g/mol. The van der Waals surface area contributed by atoms with E-state index in [1.165, 1.54) is 0 Å². The van der Waals surface area contributed by atoms with Crippen molar-refractivity contribution in [3.05, 3.63) is 23.8 Å². The van der Waals surface area contributed by atoms with Gasteiger partial charge >= 0.3 is 0 Å². The van der Waals surface area contributed by atoms with Crippen molar-refractivity contribution >= 4 is 17.5 Å². The van der Waals surface area contributed by atoms with Crippen LogP contribution < -0.4 is 9.47 Å². The second-order valence-electron chi connectivity index (χ2n) is 3.96. The van der Waals surface area contributed by atoms with Crippen LogP contribution in [-0.4, -0.2) is 36.8 Å². The van der Waals surface area contributed by atoms with Crippen LogP contribution in [0.25, 0.3) is 0 Å². The predicted octanol–water partition coefficient (Wildman–Crippen LogP) is 1.73. The van der Waals surface area contributed by atoms with E-state index in [0.29, 0.717) is 28.1 Å². The molecule has 17 heavy (non-hydrogen) atoms. The molecule has 1 fully saturated rings. The van der Waals surface area contributed by atoms with Crippen molar-refractivity contribution in [3.8, 4) is 11.5 Å². The summed E-state index contributed by atoms with van der Waals surface area (Å²) >= 11 is 1.65. The lowest BCUT2D eigenvalue weighted by molar-refractivity contribution is 0.0455. The number of ketones is 1. The van der Waals surface area contributed by atoms with Gasteiger partial charge in [-0.1, -0.05) is 0 Å². The average Bonchev–Trinajstić information content (AvgIpc) is 2.73. The lowest BCUT2D eigenvalue weighted by Crippen LogP contribution is -2.31. The van der Waals surface area contributed by atoms with Gasteiger partial charge in [0.2, 0.25) is 6.79 Å². The Morgan fingerprint density at radius 2 is 2.12 bits per heavy atom. The molecule has 2 heterocycles. The molecule has 0 amide bonds. The van der Waals surface area contributed by atoms with Gasteiger partial charge < -0.3 is 14.2 Å². The van der Waals surface area contributed by atoms with Crippen LogP contribution in [0.1, 0.15) is 10.4 Å². The van der Waals surface area contributed by atoms with Crippen LogP contribution >= 0.6 is 11.8 Å². The molecule has 0 radical (unpaired) electrons. The highest BCUT2D eigenvalue weighted by Crippen LogP contribution is 2.33. The molecule has 0 unspecified atom stereocenters. The molecule has 0 aliphatic carbocycles. The Morgan fingerprint density at radius 1 is 1.29 bits per heavy atom. The summed E-state index contributed by atoms with van der Waals surface area (Å²) in [5.41, 5.74) is 0.682. The van der Waals surface area contributed by atoms with E-state index in [1.54, 1.807) is 30.0 Å². The van der Waals surface area contributed by atoms with E-state index in [2.05, 4.69) is 0 Å².